The molecule has 23 heavy (non-hydrogen) atoms. The molecule has 0 aliphatic carbocycles. The maximum absolute atomic E-state index is 12.3. The van der Waals surface area contributed by atoms with Crippen molar-refractivity contribution in [3.8, 4) is 5.88 Å². The molecule has 0 radical (unpaired) electrons. The van der Waals surface area contributed by atoms with E-state index in [1.165, 1.54) is 12.0 Å². The summed E-state index contributed by atoms with van der Waals surface area (Å²) in [7, 11) is 1.49. The number of methoxy groups -OCH3 is 1. The van der Waals surface area contributed by atoms with Gasteiger partial charge in [0, 0.05) is 37.4 Å². The van der Waals surface area contributed by atoms with Crippen LogP contribution in [0.25, 0.3) is 0 Å². The van der Waals surface area contributed by atoms with Gasteiger partial charge in [-0.05, 0) is 12.5 Å². The first-order valence-corrected chi connectivity index (χ1v) is 7.19. The molecule has 0 spiro atoms. The van der Waals surface area contributed by atoms with Crippen molar-refractivity contribution in [1.82, 2.24) is 20.5 Å². The van der Waals surface area contributed by atoms with E-state index in [9.17, 15) is 18.0 Å². The van der Waals surface area contributed by atoms with Crippen molar-refractivity contribution in [1.29, 1.82) is 0 Å². The molecule has 1 unspecified atom stereocenters. The summed E-state index contributed by atoms with van der Waals surface area (Å²) in [6.45, 7) is -0.203. The number of nitrogens with one attached hydrogen (secondary N) is 2. The van der Waals surface area contributed by atoms with E-state index in [1.807, 2.05) is 0 Å². The van der Waals surface area contributed by atoms with Gasteiger partial charge in [0.1, 0.15) is 0 Å². The molecule has 128 valence electrons. The lowest BCUT2D eigenvalue weighted by atomic mass is 10.2. The first kappa shape index (κ1) is 17.3. The number of urea groups is 1. The van der Waals surface area contributed by atoms with Crippen LogP contribution in [0.4, 0.5) is 18.0 Å². The Morgan fingerprint density at radius 3 is 3.00 bits per heavy atom. The van der Waals surface area contributed by atoms with Gasteiger partial charge in [-0.25, -0.2) is 9.78 Å². The highest BCUT2D eigenvalue weighted by Gasteiger charge is 2.34. The summed E-state index contributed by atoms with van der Waals surface area (Å²) in [5.74, 6) is 0.421. The molecule has 6 nitrogen and oxygen atoms in total. The van der Waals surface area contributed by atoms with Crippen LogP contribution in [0.1, 0.15) is 12.0 Å². The lowest BCUT2D eigenvalue weighted by molar-refractivity contribution is -0.143. The van der Waals surface area contributed by atoms with Crippen LogP contribution in [0.5, 0.6) is 5.88 Å². The zero-order chi connectivity index (χ0) is 16.9. The summed E-state index contributed by atoms with van der Waals surface area (Å²) in [4.78, 5) is 17.1. The van der Waals surface area contributed by atoms with Gasteiger partial charge in [-0.2, -0.15) is 13.2 Å². The molecule has 1 fully saturated rings. The molecule has 1 atom stereocenters. The molecule has 2 heterocycles. The number of alkyl halides is 3. The van der Waals surface area contributed by atoms with Gasteiger partial charge >= 0.3 is 12.2 Å². The quantitative estimate of drug-likeness (QED) is 0.858. The van der Waals surface area contributed by atoms with E-state index in [2.05, 4.69) is 15.6 Å². The fourth-order valence-corrected chi connectivity index (χ4v) is 2.50. The summed E-state index contributed by atoms with van der Waals surface area (Å²) in [5, 5.41) is 5.33. The van der Waals surface area contributed by atoms with Crippen molar-refractivity contribution >= 4 is 6.03 Å². The maximum Gasteiger partial charge on any atom is 0.401 e. The standard InChI is InChI=1S/C14H19F3N4O2/c1-23-12-10(3-2-5-18-12)7-19-13(22)20-11-4-6-21(8-11)9-14(15,16)17/h2-3,5,11H,4,6-9H2,1H3,(H2,19,20,22). The number of halogens is 3. The van der Waals surface area contributed by atoms with E-state index in [0.29, 0.717) is 18.8 Å². The third-order valence-electron chi connectivity index (χ3n) is 3.49. The number of rotatable bonds is 5. The van der Waals surface area contributed by atoms with E-state index in [1.54, 1.807) is 18.3 Å². The number of aromatic nitrogens is 1. The molecule has 0 aromatic carbocycles. The lowest BCUT2D eigenvalue weighted by Gasteiger charge is -2.18. The summed E-state index contributed by atoms with van der Waals surface area (Å²) in [6, 6.07) is 2.79. The highest BCUT2D eigenvalue weighted by atomic mass is 19.4. The molecule has 2 rings (SSSR count). The normalized spacial score (nSPS) is 18.7. The number of carbonyl (C=O) groups is 1. The fraction of sp³-hybridized carbons (Fsp3) is 0.571. The van der Waals surface area contributed by atoms with Crippen LogP contribution in [0.3, 0.4) is 0 Å². The van der Waals surface area contributed by atoms with E-state index in [0.717, 1.165) is 5.56 Å². The van der Waals surface area contributed by atoms with Gasteiger partial charge in [0.25, 0.3) is 0 Å². The van der Waals surface area contributed by atoms with Crippen LogP contribution in [-0.2, 0) is 6.54 Å². The topological polar surface area (TPSA) is 66.5 Å². The Morgan fingerprint density at radius 2 is 2.30 bits per heavy atom. The van der Waals surface area contributed by atoms with Crippen LogP contribution in [0.15, 0.2) is 18.3 Å². The molecule has 0 saturated carbocycles. The number of pyridine rings is 1. The Balaban J connectivity index is 1.75. The minimum Gasteiger partial charge on any atom is -0.481 e. The second-order valence-electron chi connectivity index (χ2n) is 5.33. The molecule has 9 heteroatoms. The molecule has 0 bridgehead atoms. The number of ether oxygens (including phenoxy) is 1. The summed E-state index contributed by atoms with van der Waals surface area (Å²) >= 11 is 0. The van der Waals surface area contributed by atoms with E-state index in [-0.39, 0.29) is 19.1 Å². The van der Waals surface area contributed by atoms with Gasteiger partial charge in [0.05, 0.1) is 13.7 Å². The number of carbonyl (C=O) groups excluding carboxylic acids is 1. The fourth-order valence-electron chi connectivity index (χ4n) is 2.50. The first-order valence-electron chi connectivity index (χ1n) is 7.19. The highest BCUT2D eigenvalue weighted by molar-refractivity contribution is 5.74. The zero-order valence-corrected chi connectivity index (χ0v) is 12.7. The van der Waals surface area contributed by atoms with Crippen LogP contribution < -0.4 is 15.4 Å². The third-order valence-corrected chi connectivity index (χ3v) is 3.49. The smallest absolute Gasteiger partial charge is 0.401 e. The molecule has 1 aliphatic rings. The Kier molecular flexibility index (Phi) is 5.64. The maximum atomic E-state index is 12.3. The van der Waals surface area contributed by atoms with E-state index in [4.69, 9.17) is 4.74 Å². The first-order chi connectivity index (χ1) is 10.9. The van der Waals surface area contributed by atoms with Crippen molar-refractivity contribution in [3.05, 3.63) is 23.9 Å². The van der Waals surface area contributed by atoms with Crippen LogP contribution in [-0.4, -0.2) is 54.9 Å². The number of likely N-dealkylation sites (tertiary alicyclic amines) is 1. The number of hydrogen-bond donors (Lipinski definition) is 2. The minimum absolute atomic E-state index is 0.198. The average Bonchev–Trinajstić information content (AvgIpc) is 2.90. The van der Waals surface area contributed by atoms with Crippen molar-refractivity contribution in [3.63, 3.8) is 0 Å². The van der Waals surface area contributed by atoms with E-state index >= 15 is 0 Å². The van der Waals surface area contributed by atoms with Crippen LogP contribution in [0, 0.1) is 0 Å². The van der Waals surface area contributed by atoms with Crippen molar-refractivity contribution in [2.45, 2.75) is 25.2 Å². The Bertz CT molecular complexity index is 539. The van der Waals surface area contributed by atoms with Gasteiger partial charge in [0.15, 0.2) is 0 Å². The van der Waals surface area contributed by atoms with Crippen molar-refractivity contribution in [2.75, 3.05) is 26.7 Å². The van der Waals surface area contributed by atoms with Crippen LogP contribution >= 0.6 is 0 Å². The minimum atomic E-state index is -4.21. The summed E-state index contributed by atoms with van der Waals surface area (Å²) < 4.78 is 42.0. The predicted octanol–water partition coefficient (Wildman–Crippen LogP) is 1.53. The van der Waals surface area contributed by atoms with Crippen molar-refractivity contribution < 1.29 is 22.7 Å². The van der Waals surface area contributed by atoms with Crippen LogP contribution in [0.2, 0.25) is 0 Å². The van der Waals surface area contributed by atoms with Gasteiger partial charge in [-0.3, -0.25) is 4.90 Å². The third kappa shape index (κ3) is 5.59. The lowest BCUT2D eigenvalue weighted by Crippen LogP contribution is -2.43. The number of hydrogen-bond acceptors (Lipinski definition) is 4. The molecule has 1 aromatic rings. The molecular weight excluding hydrogens is 313 g/mol. The largest absolute Gasteiger partial charge is 0.481 e. The molecule has 1 saturated heterocycles. The molecular formula is C14H19F3N4O2. The van der Waals surface area contributed by atoms with E-state index < -0.39 is 18.8 Å². The number of nitrogens with zero attached hydrogens (tertiary/aromatic N) is 2. The highest BCUT2D eigenvalue weighted by Crippen LogP contribution is 2.20. The van der Waals surface area contributed by atoms with Gasteiger partial charge in [0.2, 0.25) is 5.88 Å². The molecule has 1 aliphatic heterocycles. The molecule has 2 amide bonds. The summed E-state index contributed by atoms with van der Waals surface area (Å²) in [5.41, 5.74) is 0.718. The number of amides is 2. The molecule has 1 aromatic heterocycles. The monoisotopic (exact) mass is 332 g/mol. The SMILES string of the molecule is COc1ncccc1CNC(=O)NC1CCN(CC(F)(F)F)C1. The second-order valence-corrected chi connectivity index (χ2v) is 5.33. The Hall–Kier alpha value is -2.03. The van der Waals surface area contributed by atoms with Gasteiger partial charge < -0.3 is 15.4 Å². The average molecular weight is 332 g/mol. The predicted molar refractivity (Wildman–Crippen MR) is 77.1 cm³/mol. The Morgan fingerprint density at radius 1 is 1.52 bits per heavy atom. The van der Waals surface area contributed by atoms with Gasteiger partial charge in [-0.1, -0.05) is 6.07 Å². The van der Waals surface area contributed by atoms with Crippen molar-refractivity contribution in [2.24, 2.45) is 0 Å². The summed E-state index contributed by atoms with van der Waals surface area (Å²) in [6.07, 6.45) is -2.14. The Labute approximate surface area is 132 Å². The van der Waals surface area contributed by atoms with Gasteiger partial charge in [-0.15, -0.1) is 0 Å². The molecule has 2 N–H and O–H groups in total. The zero-order valence-electron chi connectivity index (χ0n) is 12.7. The second kappa shape index (κ2) is 7.49.